The van der Waals surface area contributed by atoms with Gasteiger partial charge >= 0.3 is 0 Å². The van der Waals surface area contributed by atoms with E-state index in [0.29, 0.717) is 18.5 Å². The van der Waals surface area contributed by atoms with Gasteiger partial charge in [-0.25, -0.2) is 4.98 Å². The molecule has 4 aromatic rings. The SMILES string of the molecule is [CH2]C1CN(c2ccc3nc(-c4n[nH]c5cccc(OC)c45)[nH]c3c2)C(C)CO1. The molecule has 2 N–H and O–H groups in total. The summed E-state index contributed by atoms with van der Waals surface area (Å²) in [6.07, 6.45) is -0.0212. The summed E-state index contributed by atoms with van der Waals surface area (Å²) in [5, 5.41) is 8.45. The lowest BCUT2D eigenvalue weighted by atomic mass is 10.1. The first-order valence-corrected chi connectivity index (χ1v) is 9.36. The van der Waals surface area contributed by atoms with Crippen molar-refractivity contribution in [2.45, 2.75) is 19.1 Å². The molecule has 2 unspecified atom stereocenters. The van der Waals surface area contributed by atoms with Crippen molar-refractivity contribution in [3.63, 3.8) is 0 Å². The average molecular weight is 376 g/mol. The van der Waals surface area contributed by atoms with Gasteiger partial charge in [0.15, 0.2) is 5.82 Å². The summed E-state index contributed by atoms with van der Waals surface area (Å²) in [7, 11) is 1.66. The Morgan fingerprint density at radius 1 is 1.25 bits per heavy atom. The lowest BCUT2D eigenvalue weighted by Gasteiger charge is -2.38. The summed E-state index contributed by atoms with van der Waals surface area (Å²) in [6, 6.07) is 12.4. The molecule has 1 aliphatic rings. The van der Waals surface area contributed by atoms with Crippen LogP contribution >= 0.6 is 0 Å². The first kappa shape index (κ1) is 17.1. The highest BCUT2D eigenvalue weighted by atomic mass is 16.5. The molecule has 1 saturated heterocycles. The Morgan fingerprint density at radius 2 is 2.14 bits per heavy atom. The second-order valence-electron chi connectivity index (χ2n) is 7.20. The number of ether oxygens (including phenoxy) is 2. The van der Waals surface area contributed by atoms with E-state index in [1.165, 1.54) is 0 Å². The van der Waals surface area contributed by atoms with Gasteiger partial charge in [0.1, 0.15) is 11.4 Å². The maximum atomic E-state index is 5.65. The van der Waals surface area contributed by atoms with Crippen molar-refractivity contribution in [3.05, 3.63) is 43.3 Å². The molecule has 0 amide bonds. The fourth-order valence-electron chi connectivity index (χ4n) is 3.85. The number of hydrogen-bond acceptors (Lipinski definition) is 5. The molecular weight excluding hydrogens is 354 g/mol. The Labute approximate surface area is 162 Å². The lowest BCUT2D eigenvalue weighted by molar-refractivity contribution is 0.0499. The van der Waals surface area contributed by atoms with E-state index < -0.39 is 0 Å². The second kappa shape index (κ2) is 6.53. The van der Waals surface area contributed by atoms with E-state index in [9.17, 15) is 0 Å². The number of benzene rings is 2. The number of anilines is 1. The first-order valence-electron chi connectivity index (χ1n) is 9.36. The van der Waals surface area contributed by atoms with Gasteiger partial charge in [0.05, 0.1) is 41.8 Å². The topological polar surface area (TPSA) is 79.1 Å². The van der Waals surface area contributed by atoms with Gasteiger partial charge in [0, 0.05) is 18.3 Å². The maximum Gasteiger partial charge on any atom is 0.159 e. The summed E-state index contributed by atoms with van der Waals surface area (Å²) in [4.78, 5) is 10.5. The molecule has 5 rings (SSSR count). The predicted octanol–water partition coefficient (Wildman–Crippen LogP) is 3.54. The van der Waals surface area contributed by atoms with Gasteiger partial charge in [-0.1, -0.05) is 6.07 Å². The van der Waals surface area contributed by atoms with Crippen LogP contribution in [0.2, 0.25) is 0 Å². The van der Waals surface area contributed by atoms with Crippen LogP contribution in [0.1, 0.15) is 6.92 Å². The van der Waals surface area contributed by atoms with Crippen molar-refractivity contribution >= 4 is 27.6 Å². The monoisotopic (exact) mass is 376 g/mol. The third kappa shape index (κ3) is 2.70. The number of aromatic amines is 2. The van der Waals surface area contributed by atoms with Crippen LogP contribution in [-0.4, -0.2) is 52.6 Å². The third-order valence-electron chi connectivity index (χ3n) is 5.30. The van der Waals surface area contributed by atoms with Crippen molar-refractivity contribution < 1.29 is 9.47 Å². The Balaban J connectivity index is 1.58. The van der Waals surface area contributed by atoms with Crippen LogP contribution < -0.4 is 9.64 Å². The zero-order chi connectivity index (χ0) is 19.3. The van der Waals surface area contributed by atoms with Crippen molar-refractivity contribution in [3.8, 4) is 17.3 Å². The molecule has 2 aromatic heterocycles. The average Bonchev–Trinajstić information content (AvgIpc) is 3.32. The molecule has 1 radical (unpaired) electrons. The van der Waals surface area contributed by atoms with Gasteiger partial charge in [-0.05, 0) is 44.2 Å². The summed E-state index contributed by atoms with van der Waals surface area (Å²) >= 11 is 0. The van der Waals surface area contributed by atoms with E-state index in [1.54, 1.807) is 7.11 Å². The van der Waals surface area contributed by atoms with E-state index in [1.807, 2.05) is 24.3 Å². The van der Waals surface area contributed by atoms with Gasteiger partial charge in [0.2, 0.25) is 0 Å². The number of morpholine rings is 1. The highest BCUT2D eigenvalue weighted by molar-refractivity contribution is 5.97. The summed E-state index contributed by atoms with van der Waals surface area (Å²) in [6.45, 7) is 7.66. The Kier molecular flexibility index (Phi) is 3.98. The van der Waals surface area contributed by atoms with Crippen LogP contribution in [0.25, 0.3) is 33.5 Å². The number of fused-ring (bicyclic) bond motifs is 2. The van der Waals surface area contributed by atoms with E-state index in [4.69, 9.17) is 14.5 Å². The van der Waals surface area contributed by atoms with E-state index >= 15 is 0 Å². The molecule has 0 bridgehead atoms. The normalized spacial score (nSPS) is 20.2. The van der Waals surface area contributed by atoms with Crippen LogP contribution in [0.15, 0.2) is 36.4 Å². The minimum Gasteiger partial charge on any atom is -0.496 e. The van der Waals surface area contributed by atoms with Gasteiger partial charge in [-0.2, -0.15) is 5.10 Å². The highest BCUT2D eigenvalue weighted by Crippen LogP contribution is 2.33. The number of rotatable bonds is 3. The Bertz CT molecular complexity index is 1150. The molecule has 0 saturated carbocycles. The van der Waals surface area contributed by atoms with Crippen LogP contribution in [-0.2, 0) is 4.74 Å². The minimum absolute atomic E-state index is 0.0212. The zero-order valence-electron chi connectivity index (χ0n) is 15.9. The fourth-order valence-corrected chi connectivity index (χ4v) is 3.85. The third-order valence-corrected chi connectivity index (χ3v) is 5.30. The Morgan fingerprint density at radius 3 is 3.00 bits per heavy atom. The molecule has 0 aliphatic carbocycles. The molecule has 143 valence electrons. The first-order chi connectivity index (χ1) is 13.6. The van der Waals surface area contributed by atoms with E-state index in [0.717, 1.165) is 45.6 Å². The number of aromatic nitrogens is 4. The molecule has 7 heteroatoms. The van der Waals surface area contributed by atoms with Crippen molar-refractivity contribution in [2.24, 2.45) is 0 Å². The molecule has 7 nitrogen and oxygen atoms in total. The standard InChI is InChI=1S/C21H22N5O2/c1-12-11-28-13(2)10-26(12)14-7-8-15-17(9-14)23-21(22-15)20-19-16(24-25-20)5-4-6-18(19)27-3/h4-9,12-13H,2,10-11H2,1,3H3,(H,22,23)(H,24,25). The second-order valence-corrected chi connectivity index (χ2v) is 7.20. The summed E-state index contributed by atoms with van der Waals surface area (Å²) in [5.74, 6) is 1.49. The number of hydrogen-bond donors (Lipinski definition) is 2. The maximum absolute atomic E-state index is 5.65. The number of imidazole rings is 1. The van der Waals surface area contributed by atoms with Gasteiger partial charge in [-0.15, -0.1) is 0 Å². The van der Waals surface area contributed by atoms with E-state index in [2.05, 4.69) is 46.1 Å². The van der Waals surface area contributed by atoms with Crippen molar-refractivity contribution in [1.82, 2.24) is 20.2 Å². The molecular formula is C21H22N5O2. The summed E-state index contributed by atoms with van der Waals surface area (Å²) < 4.78 is 11.2. The van der Waals surface area contributed by atoms with Crippen LogP contribution in [0.3, 0.4) is 0 Å². The molecule has 0 spiro atoms. The van der Waals surface area contributed by atoms with Gasteiger partial charge < -0.3 is 19.4 Å². The number of methoxy groups -OCH3 is 1. The van der Waals surface area contributed by atoms with Gasteiger partial charge in [-0.3, -0.25) is 5.10 Å². The van der Waals surface area contributed by atoms with Gasteiger partial charge in [0.25, 0.3) is 0 Å². The number of nitrogens with one attached hydrogen (secondary N) is 2. The Hall–Kier alpha value is -3.06. The molecule has 2 aromatic carbocycles. The predicted molar refractivity (Wildman–Crippen MR) is 110 cm³/mol. The van der Waals surface area contributed by atoms with Crippen LogP contribution in [0.5, 0.6) is 5.75 Å². The molecule has 1 fully saturated rings. The molecule has 2 atom stereocenters. The van der Waals surface area contributed by atoms with Crippen LogP contribution in [0, 0.1) is 6.92 Å². The number of H-pyrrole nitrogens is 2. The molecule has 3 heterocycles. The molecule has 1 aliphatic heterocycles. The van der Waals surface area contributed by atoms with Crippen LogP contribution in [0.4, 0.5) is 5.69 Å². The molecule has 28 heavy (non-hydrogen) atoms. The number of nitrogens with zero attached hydrogens (tertiary/aromatic N) is 3. The highest BCUT2D eigenvalue weighted by Gasteiger charge is 2.24. The smallest absolute Gasteiger partial charge is 0.159 e. The lowest BCUT2D eigenvalue weighted by Crippen LogP contribution is -2.47. The minimum atomic E-state index is -0.0212. The van der Waals surface area contributed by atoms with Crippen molar-refractivity contribution in [2.75, 3.05) is 25.2 Å². The summed E-state index contributed by atoms with van der Waals surface area (Å²) in [5.41, 5.74) is 4.67. The largest absolute Gasteiger partial charge is 0.496 e. The van der Waals surface area contributed by atoms with Crippen molar-refractivity contribution in [1.29, 1.82) is 0 Å². The zero-order valence-corrected chi connectivity index (χ0v) is 15.9. The fraction of sp³-hybridized carbons (Fsp3) is 0.286. The quantitative estimate of drug-likeness (QED) is 0.572. The van der Waals surface area contributed by atoms with E-state index in [-0.39, 0.29) is 6.10 Å².